The number of alkyl halides is 1. The lowest BCUT2D eigenvalue weighted by atomic mass is 10.1. The Hall–Kier alpha value is -0.110. The molecule has 0 amide bonds. The van der Waals surface area contributed by atoms with Crippen LogP contribution in [-0.4, -0.2) is 12.7 Å². The minimum atomic E-state index is -0.620. The van der Waals surface area contributed by atoms with Crippen LogP contribution in [0.1, 0.15) is 19.8 Å². The van der Waals surface area contributed by atoms with Gasteiger partial charge in [0.05, 0.1) is 0 Å². The highest BCUT2D eigenvalue weighted by atomic mass is 19.1. The quantitative estimate of drug-likeness (QED) is 0.614. The van der Waals surface area contributed by atoms with Crippen molar-refractivity contribution < 1.29 is 4.39 Å². The Bertz CT molecular complexity index is 94.9. The van der Waals surface area contributed by atoms with Crippen molar-refractivity contribution in [1.29, 1.82) is 0 Å². The predicted molar refractivity (Wildman–Crippen MR) is 35.8 cm³/mol. The average Bonchev–Trinajstić information content (AvgIpc) is 2.47. The van der Waals surface area contributed by atoms with Crippen LogP contribution < -0.4 is 5.73 Å². The van der Waals surface area contributed by atoms with Crippen LogP contribution in [0.4, 0.5) is 4.39 Å². The number of nitrogens with two attached hydrogens (primary N) is 1. The van der Waals surface area contributed by atoms with E-state index in [1.54, 1.807) is 0 Å². The molecule has 3 unspecified atom stereocenters. The van der Waals surface area contributed by atoms with E-state index in [0.717, 1.165) is 6.42 Å². The Morgan fingerprint density at radius 3 is 2.67 bits per heavy atom. The van der Waals surface area contributed by atoms with Gasteiger partial charge >= 0.3 is 0 Å². The Balaban J connectivity index is 2.11. The summed E-state index contributed by atoms with van der Waals surface area (Å²) in [5.41, 5.74) is 5.20. The highest BCUT2D eigenvalue weighted by Gasteiger charge is 2.39. The first-order valence-electron chi connectivity index (χ1n) is 3.60. The van der Waals surface area contributed by atoms with Crippen molar-refractivity contribution in [3.8, 4) is 0 Å². The van der Waals surface area contributed by atoms with Gasteiger partial charge in [-0.3, -0.25) is 0 Å². The van der Waals surface area contributed by atoms with E-state index in [1.165, 1.54) is 0 Å². The molecule has 9 heavy (non-hydrogen) atoms. The van der Waals surface area contributed by atoms with Gasteiger partial charge < -0.3 is 5.73 Å². The first-order chi connectivity index (χ1) is 4.25. The fourth-order valence-electron chi connectivity index (χ4n) is 1.23. The zero-order valence-electron chi connectivity index (χ0n) is 5.81. The van der Waals surface area contributed by atoms with Gasteiger partial charge in [0.25, 0.3) is 0 Å². The maximum Gasteiger partial charge on any atom is 0.104 e. The fraction of sp³-hybridized carbons (Fsp3) is 1.00. The lowest BCUT2D eigenvalue weighted by Crippen LogP contribution is -2.11. The molecule has 2 N–H and O–H groups in total. The van der Waals surface area contributed by atoms with Crippen LogP contribution >= 0.6 is 0 Å². The molecule has 54 valence electrons. The monoisotopic (exact) mass is 131 g/mol. The van der Waals surface area contributed by atoms with E-state index in [1.807, 2.05) is 0 Å². The minimum Gasteiger partial charge on any atom is -0.330 e. The number of rotatable bonds is 3. The number of halogens is 1. The summed E-state index contributed by atoms with van der Waals surface area (Å²) in [6.07, 6.45) is 1.00. The first kappa shape index (κ1) is 7.00. The van der Waals surface area contributed by atoms with Crippen molar-refractivity contribution in [3.63, 3.8) is 0 Å². The molecule has 1 aliphatic carbocycles. The minimum absolute atomic E-state index is 0.341. The molecule has 1 rings (SSSR count). The van der Waals surface area contributed by atoms with E-state index in [9.17, 15) is 4.39 Å². The van der Waals surface area contributed by atoms with Gasteiger partial charge in [-0.2, -0.15) is 0 Å². The van der Waals surface area contributed by atoms with Crippen molar-refractivity contribution in [3.05, 3.63) is 0 Å². The van der Waals surface area contributed by atoms with Gasteiger partial charge in [-0.25, -0.2) is 4.39 Å². The molecule has 0 heterocycles. The number of hydrogen-bond acceptors (Lipinski definition) is 1. The third kappa shape index (κ3) is 1.65. The Labute approximate surface area is 55.4 Å². The smallest absolute Gasteiger partial charge is 0.104 e. The number of hydrogen-bond donors (Lipinski definition) is 1. The summed E-state index contributed by atoms with van der Waals surface area (Å²) in [6, 6.07) is 0. The maximum atomic E-state index is 12.8. The standard InChI is InChI=1S/C7H14FN/c1-5-4-6(5)7(8)2-3-9/h5-7H,2-4,9H2,1H3. The van der Waals surface area contributed by atoms with Crippen molar-refractivity contribution in [2.75, 3.05) is 6.54 Å². The molecule has 2 heteroatoms. The van der Waals surface area contributed by atoms with Gasteiger partial charge in [-0.05, 0) is 31.2 Å². The second-order valence-corrected chi connectivity index (χ2v) is 2.97. The molecule has 1 aliphatic rings. The van der Waals surface area contributed by atoms with Crippen LogP contribution in [0.2, 0.25) is 0 Å². The van der Waals surface area contributed by atoms with Crippen molar-refractivity contribution in [2.24, 2.45) is 17.6 Å². The third-order valence-electron chi connectivity index (χ3n) is 2.08. The molecule has 0 aromatic heterocycles. The lowest BCUT2D eigenvalue weighted by molar-refractivity contribution is 0.274. The van der Waals surface area contributed by atoms with E-state index < -0.39 is 6.17 Å². The highest BCUT2D eigenvalue weighted by Crippen LogP contribution is 2.42. The van der Waals surface area contributed by atoms with E-state index in [4.69, 9.17) is 5.73 Å². The molecule has 0 saturated heterocycles. The van der Waals surface area contributed by atoms with Crippen LogP contribution in [0, 0.1) is 11.8 Å². The molecule has 1 fully saturated rings. The summed E-state index contributed by atoms with van der Waals surface area (Å²) in [5, 5.41) is 0. The second-order valence-electron chi connectivity index (χ2n) is 2.97. The Morgan fingerprint density at radius 2 is 2.33 bits per heavy atom. The summed E-state index contributed by atoms with van der Waals surface area (Å²) in [7, 11) is 0. The van der Waals surface area contributed by atoms with Gasteiger partial charge in [0, 0.05) is 0 Å². The van der Waals surface area contributed by atoms with Crippen LogP contribution in [-0.2, 0) is 0 Å². The van der Waals surface area contributed by atoms with E-state index in [-0.39, 0.29) is 0 Å². The van der Waals surface area contributed by atoms with E-state index in [0.29, 0.717) is 24.8 Å². The molecular formula is C7H14FN. The van der Waals surface area contributed by atoms with Gasteiger partial charge in [0.15, 0.2) is 0 Å². The summed E-state index contributed by atoms with van der Waals surface area (Å²) in [5.74, 6) is 0.958. The van der Waals surface area contributed by atoms with Gasteiger partial charge in [0.2, 0.25) is 0 Å². The summed E-state index contributed by atoms with van der Waals surface area (Å²) in [4.78, 5) is 0. The Morgan fingerprint density at radius 1 is 1.78 bits per heavy atom. The van der Waals surface area contributed by atoms with Gasteiger partial charge in [-0.1, -0.05) is 6.92 Å². The molecular weight excluding hydrogens is 117 g/mol. The molecule has 0 spiro atoms. The van der Waals surface area contributed by atoms with Crippen LogP contribution in [0.3, 0.4) is 0 Å². The molecule has 3 atom stereocenters. The fourth-order valence-corrected chi connectivity index (χ4v) is 1.23. The molecule has 0 bridgehead atoms. The van der Waals surface area contributed by atoms with Crippen molar-refractivity contribution in [2.45, 2.75) is 25.9 Å². The molecule has 0 aromatic carbocycles. The topological polar surface area (TPSA) is 26.0 Å². The van der Waals surface area contributed by atoms with Gasteiger partial charge in [-0.15, -0.1) is 0 Å². The molecule has 0 aromatic rings. The van der Waals surface area contributed by atoms with Crippen LogP contribution in [0.15, 0.2) is 0 Å². The molecule has 0 radical (unpaired) electrons. The maximum absolute atomic E-state index is 12.8. The predicted octanol–water partition coefficient (Wildman–Crippen LogP) is 1.33. The summed E-state index contributed by atoms with van der Waals surface area (Å²) < 4.78 is 12.8. The second kappa shape index (κ2) is 2.65. The summed E-state index contributed by atoms with van der Waals surface area (Å²) in [6.45, 7) is 2.58. The normalized spacial score (nSPS) is 36.3. The van der Waals surface area contributed by atoms with Gasteiger partial charge in [0.1, 0.15) is 6.17 Å². The Kier molecular flexibility index (Phi) is 2.06. The average molecular weight is 131 g/mol. The zero-order valence-corrected chi connectivity index (χ0v) is 5.81. The van der Waals surface area contributed by atoms with Crippen molar-refractivity contribution in [1.82, 2.24) is 0 Å². The van der Waals surface area contributed by atoms with E-state index in [2.05, 4.69) is 6.92 Å². The van der Waals surface area contributed by atoms with Crippen LogP contribution in [0.5, 0.6) is 0 Å². The first-order valence-corrected chi connectivity index (χ1v) is 3.60. The molecule has 1 saturated carbocycles. The zero-order chi connectivity index (χ0) is 6.85. The summed E-state index contributed by atoms with van der Waals surface area (Å²) >= 11 is 0. The highest BCUT2D eigenvalue weighted by molar-refractivity contribution is 4.88. The SMILES string of the molecule is CC1CC1C(F)CCN. The third-order valence-corrected chi connectivity index (χ3v) is 2.08. The largest absolute Gasteiger partial charge is 0.330 e. The molecule has 0 aliphatic heterocycles. The van der Waals surface area contributed by atoms with E-state index >= 15 is 0 Å². The lowest BCUT2D eigenvalue weighted by Gasteiger charge is -2.02. The van der Waals surface area contributed by atoms with Crippen molar-refractivity contribution >= 4 is 0 Å². The van der Waals surface area contributed by atoms with Crippen LogP contribution in [0.25, 0.3) is 0 Å². The molecule has 1 nitrogen and oxygen atoms in total.